The van der Waals surface area contributed by atoms with Gasteiger partial charge >= 0.3 is 6.18 Å². The number of hydrogen-bond acceptors (Lipinski definition) is 3. The van der Waals surface area contributed by atoms with Crippen LogP contribution in [0, 0.1) is 6.92 Å². The maximum absolute atomic E-state index is 13.0. The molecule has 2 aliphatic rings. The number of allylic oxidation sites excluding steroid dienone is 2. The number of halogens is 3. The first-order valence-corrected chi connectivity index (χ1v) is 13.7. The Morgan fingerprint density at radius 1 is 1.03 bits per heavy atom. The third-order valence-electron chi connectivity index (χ3n) is 8.31. The molecular weight excluding hydrogens is 485 g/mol. The molecule has 0 bridgehead atoms. The first-order valence-electron chi connectivity index (χ1n) is 13.7. The van der Waals surface area contributed by atoms with Gasteiger partial charge in [0, 0.05) is 36.6 Å². The van der Waals surface area contributed by atoms with Crippen LogP contribution in [0.15, 0.2) is 60.2 Å². The van der Waals surface area contributed by atoms with Crippen molar-refractivity contribution in [2.45, 2.75) is 83.7 Å². The van der Waals surface area contributed by atoms with Crippen molar-refractivity contribution in [1.29, 1.82) is 0 Å². The molecule has 0 saturated heterocycles. The summed E-state index contributed by atoms with van der Waals surface area (Å²) in [5.74, 6) is 0.713. The van der Waals surface area contributed by atoms with Gasteiger partial charge < -0.3 is 9.88 Å². The highest BCUT2D eigenvalue weighted by molar-refractivity contribution is 5.58. The van der Waals surface area contributed by atoms with Crippen LogP contribution in [0.2, 0.25) is 0 Å². The largest absolute Gasteiger partial charge is 0.416 e. The van der Waals surface area contributed by atoms with Gasteiger partial charge in [-0.15, -0.1) is 0 Å². The monoisotopic (exact) mass is 522 g/mol. The molecule has 1 aliphatic heterocycles. The Balaban J connectivity index is 1.22. The Labute approximate surface area is 223 Å². The number of anilines is 1. The highest BCUT2D eigenvalue weighted by Crippen LogP contribution is 2.34. The average molecular weight is 523 g/mol. The summed E-state index contributed by atoms with van der Waals surface area (Å²) in [7, 11) is 1.93. The lowest BCUT2D eigenvalue weighted by Crippen LogP contribution is -2.49. The summed E-state index contributed by atoms with van der Waals surface area (Å²) < 4.78 is 40.9. The van der Waals surface area contributed by atoms with E-state index in [1.165, 1.54) is 35.4 Å². The molecule has 38 heavy (non-hydrogen) atoms. The van der Waals surface area contributed by atoms with E-state index in [4.69, 9.17) is 4.98 Å². The topological polar surface area (TPSA) is 33.1 Å². The van der Waals surface area contributed by atoms with Crippen molar-refractivity contribution in [2.75, 3.05) is 5.32 Å². The molecule has 1 aliphatic carbocycles. The van der Waals surface area contributed by atoms with Gasteiger partial charge in [-0.2, -0.15) is 13.2 Å². The zero-order chi connectivity index (χ0) is 26.9. The summed E-state index contributed by atoms with van der Waals surface area (Å²) in [4.78, 5) is 7.51. The fraction of sp³-hybridized carbons (Fsp3) is 0.452. The van der Waals surface area contributed by atoms with Gasteiger partial charge in [0.25, 0.3) is 0 Å². The fourth-order valence-corrected chi connectivity index (χ4v) is 5.94. The van der Waals surface area contributed by atoms with Gasteiger partial charge in [-0.1, -0.05) is 48.9 Å². The second-order valence-corrected chi connectivity index (χ2v) is 10.6. The van der Waals surface area contributed by atoms with E-state index in [2.05, 4.69) is 47.5 Å². The Morgan fingerprint density at radius 2 is 1.79 bits per heavy atom. The summed E-state index contributed by atoms with van der Waals surface area (Å²) in [5.41, 5.74) is 6.29. The van der Waals surface area contributed by atoms with Gasteiger partial charge in [0.1, 0.15) is 5.82 Å². The number of hydrogen-bond donors (Lipinski definition) is 1. The second-order valence-electron chi connectivity index (χ2n) is 10.6. The molecule has 2 unspecified atom stereocenters. The molecule has 3 aromatic rings. The molecule has 1 N–H and O–H groups in total. The number of alkyl halides is 3. The summed E-state index contributed by atoms with van der Waals surface area (Å²) >= 11 is 0. The highest BCUT2D eigenvalue weighted by Gasteiger charge is 2.31. The fourth-order valence-electron chi connectivity index (χ4n) is 5.94. The minimum absolute atomic E-state index is 0.372. The van der Waals surface area contributed by atoms with E-state index in [0.29, 0.717) is 23.6 Å². The Hall–Kier alpha value is -3.06. The Bertz CT molecular complexity index is 1290. The van der Waals surface area contributed by atoms with Crippen LogP contribution in [0.25, 0.3) is 11.4 Å². The van der Waals surface area contributed by atoms with Gasteiger partial charge in [-0.3, -0.25) is 4.90 Å². The first kappa shape index (κ1) is 26.5. The molecule has 5 rings (SSSR count). The summed E-state index contributed by atoms with van der Waals surface area (Å²) in [5, 5.41) is 3.75. The molecular formula is C31H37F3N4. The van der Waals surface area contributed by atoms with Crippen LogP contribution in [-0.2, 0) is 26.2 Å². The van der Waals surface area contributed by atoms with Gasteiger partial charge in [0.2, 0.25) is 0 Å². The van der Waals surface area contributed by atoms with Crippen LogP contribution in [0.3, 0.4) is 0 Å². The van der Waals surface area contributed by atoms with Crippen molar-refractivity contribution in [2.24, 2.45) is 7.05 Å². The zero-order valence-corrected chi connectivity index (χ0v) is 22.5. The van der Waals surface area contributed by atoms with E-state index in [9.17, 15) is 13.2 Å². The van der Waals surface area contributed by atoms with E-state index in [0.717, 1.165) is 68.6 Å². The molecule has 0 radical (unpaired) electrons. The number of aromatic nitrogens is 2. The van der Waals surface area contributed by atoms with Crippen LogP contribution >= 0.6 is 0 Å². The van der Waals surface area contributed by atoms with Gasteiger partial charge in [-0.05, 0) is 75.6 Å². The van der Waals surface area contributed by atoms with E-state index < -0.39 is 11.7 Å². The number of para-hydroxylation sites is 1. The minimum atomic E-state index is -4.33. The predicted octanol–water partition coefficient (Wildman–Crippen LogP) is 7.88. The molecule has 0 fully saturated rings. The molecule has 202 valence electrons. The molecule has 0 spiro atoms. The quantitative estimate of drug-likeness (QED) is 0.334. The lowest BCUT2D eigenvalue weighted by atomic mass is 9.99. The van der Waals surface area contributed by atoms with Gasteiger partial charge in [0.05, 0.1) is 17.4 Å². The molecule has 4 nitrogen and oxygen atoms in total. The summed E-state index contributed by atoms with van der Waals surface area (Å²) in [6, 6.07) is 14.5. The van der Waals surface area contributed by atoms with Gasteiger partial charge in [0.15, 0.2) is 0 Å². The van der Waals surface area contributed by atoms with Crippen molar-refractivity contribution in [3.05, 3.63) is 82.7 Å². The minimum Gasteiger partial charge on any atom is -0.369 e. The van der Waals surface area contributed by atoms with Crippen molar-refractivity contribution in [3.8, 4) is 11.4 Å². The number of benzene rings is 2. The van der Waals surface area contributed by atoms with Crippen molar-refractivity contribution < 1.29 is 13.2 Å². The molecule has 0 saturated carbocycles. The first-order chi connectivity index (χ1) is 18.2. The summed E-state index contributed by atoms with van der Waals surface area (Å²) in [6.07, 6.45) is 5.86. The molecule has 2 aromatic carbocycles. The number of fused-ring (bicyclic) bond motifs is 1. The lowest BCUT2D eigenvalue weighted by molar-refractivity contribution is -0.137. The molecule has 2 atom stereocenters. The number of nitrogens with zero attached hydrogens (tertiary/aromatic N) is 3. The van der Waals surface area contributed by atoms with Crippen LogP contribution < -0.4 is 5.32 Å². The van der Waals surface area contributed by atoms with Crippen LogP contribution in [0.4, 0.5) is 18.9 Å². The van der Waals surface area contributed by atoms with Crippen LogP contribution in [-0.4, -0.2) is 26.7 Å². The van der Waals surface area contributed by atoms with Gasteiger partial charge in [-0.25, -0.2) is 4.98 Å². The second kappa shape index (κ2) is 11.0. The number of aryl methyl sites for hydroxylation is 1. The van der Waals surface area contributed by atoms with Crippen LogP contribution in [0.5, 0.6) is 0 Å². The van der Waals surface area contributed by atoms with E-state index in [-0.39, 0.29) is 0 Å². The molecule has 1 aromatic heterocycles. The molecule has 7 heteroatoms. The van der Waals surface area contributed by atoms with Crippen LogP contribution in [0.1, 0.15) is 68.0 Å². The highest BCUT2D eigenvalue weighted by atomic mass is 19.4. The number of rotatable bonds is 6. The maximum atomic E-state index is 13.0. The Kier molecular flexibility index (Phi) is 7.66. The number of imidazole rings is 1. The van der Waals surface area contributed by atoms with Crippen molar-refractivity contribution in [1.82, 2.24) is 14.5 Å². The van der Waals surface area contributed by atoms with E-state index in [1.807, 2.05) is 18.5 Å². The standard InChI is InChI=1S/C31H37F3N4/c1-4-29-35-28-11-6-5-9-24(28)20-38(29)26-10-7-8-22(12-18-26)13-19-27-21(2)37(3)30(36-27)23-14-16-25(17-15-23)31(32,33)34/h5-6,8-9,11,14-17,26,29,35H,4,7,10,12-13,18-20H2,1-3H3. The molecule has 2 heterocycles. The normalized spacial score (nSPS) is 20.4. The average Bonchev–Trinajstić information content (AvgIpc) is 3.07. The third kappa shape index (κ3) is 5.53. The van der Waals surface area contributed by atoms with E-state index in [1.54, 1.807) is 0 Å². The maximum Gasteiger partial charge on any atom is 0.416 e. The Morgan fingerprint density at radius 3 is 2.53 bits per heavy atom. The lowest BCUT2D eigenvalue weighted by Gasteiger charge is -2.42. The SMILES string of the molecule is CCC1Nc2ccccc2CN1C1CCC=C(CCc2nc(-c3ccc(C(F)(F)F)cc3)n(C)c2C)CC1. The number of nitrogens with one attached hydrogen (secondary N) is 1. The zero-order valence-electron chi connectivity index (χ0n) is 22.5. The third-order valence-corrected chi connectivity index (χ3v) is 8.31. The summed E-state index contributed by atoms with van der Waals surface area (Å²) in [6.45, 7) is 5.30. The predicted molar refractivity (Wildman–Crippen MR) is 147 cm³/mol. The van der Waals surface area contributed by atoms with Crippen molar-refractivity contribution in [3.63, 3.8) is 0 Å². The smallest absolute Gasteiger partial charge is 0.369 e. The molecule has 0 amide bonds. The van der Waals surface area contributed by atoms with E-state index >= 15 is 0 Å². The van der Waals surface area contributed by atoms with Crippen molar-refractivity contribution >= 4 is 5.69 Å².